The summed E-state index contributed by atoms with van der Waals surface area (Å²) < 4.78 is 51.6. The van der Waals surface area contributed by atoms with Crippen molar-refractivity contribution in [1.82, 2.24) is 40.4 Å². The zero-order valence-corrected chi connectivity index (χ0v) is 31.7. The first kappa shape index (κ1) is 40.7. The van der Waals surface area contributed by atoms with Crippen molar-refractivity contribution in [2.24, 2.45) is 0 Å². The van der Waals surface area contributed by atoms with Crippen molar-refractivity contribution < 1.29 is 46.6 Å². The van der Waals surface area contributed by atoms with Gasteiger partial charge in [0.2, 0.25) is 11.8 Å². The van der Waals surface area contributed by atoms with E-state index in [1.807, 2.05) is 48.5 Å². The summed E-state index contributed by atoms with van der Waals surface area (Å²) in [6, 6.07) is 13.4. The number of nitrogens with zero attached hydrogens (tertiary/aromatic N) is 4. The van der Waals surface area contributed by atoms with Gasteiger partial charge in [-0.1, -0.05) is 48.5 Å². The van der Waals surface area contributed by atoms with Crippen molar-refractivity contribution in [3.8, 4) is 33.6 Å². The van der Waals surface area contributed by atoms with Crippen LogP contribution >= 0.6 is 0 Å². The number of methoxy groups -OCH3 is 2. The third kappa shape index (κ3) is 9.91. The lowest BCUT2D eigenvalue weighted by molar-refractivity contribution is -0.174. The van der Waals surface area contributed by atoms with E-state index in [2.05, 4.69) is 40.0 Å². The molecule has 0 aliphatic carbocycles. The van der Waals surface area contributed by atoms with Gasteiger partial charge in [-0.2, -0.15) is 13.2 Å². The zero-order chi connectivity index (χ0) is 40.7. The lowest BCUT2D eigenvalue weighted by Crippen LogP contribution is -2.49. The van der Waals surface area contributed by atoms with Crippen molar-refractivity contribution in [3.63, 3.8) is 0 Å². The summed E-state index contributed by atoms with van der Waals surface area (Å²) in [5, 5.41) is 4.96. The molecule has 2 aromatic heterocycles. The first-order chi connectivity index (χ1) is 27.3. The molecule has 4 aromatic rings. The Hall–Kier alpha value is -5.91. The molecular formula is C39H45F3N8O7. The van der Waals surface area contributed by atoms with Crippen LogP contribution in [0.4, 0.5) is 22.8 Å². The zero-order valence-electron chi connectivity index (χ0n) is 31.7. The summed E-state index contributed by atoms with van der Waals surface area (Å²) in [4.78, 5) is 69.5. The second-order valence-electron chi connectivity index (χ2n) is 13.9. The number of nitrogens with one attached hydrogen (secondary N) is 4. The Labute approximate surface area is 326 Å². The first-order valence-corrected chi connectivity index (χ1v) is 18.6. The predicted molar refractivity (Wildman–Crippen MR) is 200 cm³/mol. The monoisotopic (exact) mass is 794 g/mol. The number of aromatic amines is 2. The number of rotatable bonds is 13. The molecule has 2 aliphatic heterocycles. The quantitative estimate of drug-likeness (QED) is 0.120. The van der Waals surface area contributed by atoms with Crippen LogP contribution < -0.4 is 10.6 Å². The van der Waals surface area contributed by atoms with Crippen LogP contribution in [-0.2, 0) is 23.8 Å². The molecule has 4 unspecified atom stereocenters. The van der Waals surface area contributed by atoms with Gasteiger partial charge in [-0.15, -0.1) is 0 Å². The van der Waals surface area contributed by atoms with Crippen LogP contribution in [0.3, 0.4) is 0 Å². The Bertz CT molecular complexity index is 2020. The van der Waals surface area contributed by atoms with E-state index in [1.54, 1.807) is 29.1 Å². The van der Waals surface area contributed by atoms with Gasteiger partial charge in [-0.05, 0) is 54.9 Å². The van der Waals surface area contributed by atoms with Crippen LogP contribution in [0.5, 0.6) is 0 Å². The third-order valence-corrected chi connectivity index (χ3v) is 10.1. The second kappa shape index (κ2) is 17.9. The number of halogens is 3. The molecule has 304 valence electrons. The van der Waals surface area contributed by atoms with Crippen LogP contribution in [-0.4, -0.2) is 113 Å². The van der Waals surface area contributed by atoms with E-state index in [0.717, 1.165) is 53.6 Å². The molecule has 57 heavy (non-hydrogen) atoms. The Morgan fingerprint density at radius 3 is 1.68 bits per heavy atom. The highest BCUT2D eigenvalue weighted by molar-refractivity contribution is 5.87. The number of imidazole rings is 2. The minimum absolute atomic E-state index is 0.169. The number of aromatic nitrogens is 4. The molecule has 2 aliphatic rings. The molecular weight excluding hydrogens is 749 g/mol. The number of carbonyl (C=O) groups is 4. The van der Waals surface area contributed by atoms with E-state index in [1.165, 1.54) is 7.11 Å². The second-order valence-corrected chi connectivity index (χ2v) is 13.9. The summed E-state index contributed by atoms with van der Waals surface area (Å²) in [7, 11) is 2.39. The van der Waals surface area contributed by atoms with Gasteiger partial charge in [-0.25, -0.2) is 19.6 Å². The van der Waals surface area contributed by atoms with Gasteiger partial charge < -0.3 is 44.6 Å². The number of amides is 4. The normalized spacial score (nSPS) is 17.9. The summed E-state index contributed by atoms with van der Waals surface area (Å²) in [6.45, 7) is 0.732. The van der Waals surface area contributed by atoms with Gasteiger partial charge in [-0.3, -0.25) is 9.59 Å². The van der Waals surface area contributed by atoms with Gasteiger partial charge >= 0.3 is 18.4 Å². The number of H-pyrrole nitrogens is 2. The molecule has 4 amide bonds. The number of benzene rings is 2. The SMILES string of the molecule is COC(=O)NC(C)C(=O)N1CCCC1c1ncc(-c2ccc(-c3ccc(-c4cnc(C5CCCN5C(=O)C(CCOCC(F)(F)F)NC(=O)OC)[nH]4)cc3)cc2)[nH]1. The first-order valence-electron chi connectivity index (χ1n) is 18.6. The number of hydrogen-bond donors (Lipinski definition) is 4. The molecule has 4 atom stereocenters. The largest absolute Gasteiger partial charge is 0.453 e. The van der Waals surface area contributed by atoms with Crippen molar-refractivity contribution >= 4 is 24.0 Å². The Morgan fingerprint density at radius 2 is 1.21 bits per heavy atom. The van der Waals surface area contributed by atoms with Crippen LogP contribution in [0.1, 0.15) is 62.8 Å². The fraction of sp³-hybridized carbons (Fsp3) is 0.436. The summed E-state index contributed by atoms with van der Waals surface area (Å²) in [5.41, 5.74) is 5.34. The van der Waals surface area contributed by atoms with Gasteiger partial charge in [0.05, 0.1) is 50.1 Å². The van der Waals surface area contributed by atoms with E-state index in [0.29, 0.717) is 37.6 Å². The van der Waals surface area contributed by atoms with E-state index in [-0.39, 0.29) is 18.4 Å². The number of alkyl halides is 3. The molecule has 15 nitrogen and oxygen atoms in total. The van der Waals surface area contributed by atoms with Crippen molar-refractivity contribution in [3.05, 3.63) is 72.6 Å². The minimum Gasteiger partial charge on any atom is -0.453 e. The highest BCUT2D eigenvalue weighted by Crippen LogP contribution is 2.35. The van der Waals surface area contributed by atoms with Crippen LogP contribution in [0.2, 0.25) is 0 Å². The average molecular weight is 795 g/mol. The Balaban J connectivity index is 1.08. The van der Waals surface area contributed by atoms with E-state index in [9.17, 15) is 32.3 Å². The third-order valence-electron chi connectivity index (χ3n) is 10.1. The molecule has 0 bridgehead atoms. The molecule has 0 radical (unpaired) electrons. The molecule has 2 fully saturated rings. The van der Waals surface area contributed by atoms with Gasteiger partial charge in [0, 0.05) is 26.1 Å². The van der Waals surface area contributed by atoms with Crippen LogP contribution in [0.25, 0.3) is 33.6 Å². The maximum atomic E-state index is 13.6. The van der Waals surface area contributed by atoms with Gasteiger partial charge in [0.25, 0.3) is 0 Å². The summed E-state index contributed by atoms with van der Waals surface area (Å²) in [5.74, 6) is 0.574. The molecule has 18 heteroatoms. The van der Waals surface area contributed by atoms with Gasteiger partial charge in [0.1, 0.15) is 30.3 Å². The summed E-state index contributed by atoms with van der Waals surface area (Å²) >= 11 is 0. The topological polar surface area (TPSA) is 184 Å². The number of likely N-dealkylation sites (tertiary alicyclic amines) is 2. The molecule has 2 aromatic carbocycles. The minimum atomic E-state index is -4.51. The van der Waals surface area contributed by atoms with Crippen molar-refractivity contribution in [2.45, 2.75) is 69.4 Å². The lowest BCUT2D eigenvalue weighted by Gasteiger charge is -2.28. The smallest absolute Gasteiger partial charge is 0.411 e. The molecule has 2 saturated heterocycles. The molecule has 0 spiro atoms. The van der Waals surface area contributed by atoms with Crippen molar-refractivity contribution in [1.29, 1.82) is 0 Å². The van der Waals surface area contributed by atoms with Gasteiger partial charge in [0.15, 0.2) is 0 Å². The van der Waals surface area contributed by atoms with Crippen LogP contribution in [0, 0.1) is 0 Å². The lowest BCUT2D eigenvalue weighted by atomic mass is 10.0. The fourth-order valence-corrected chi connectivity index (χ4v) is 7.21. The maximum Gasteiger partial charge on any atom is 0.411 e. The van der Waals surface area contributed by atoms with E-state index < -0.39 is 55.6 Å². The van der Waals surface area contributed by atoms with Crippen molar-refractivity contribution in [2.75, 3.05) is 40.5 Å². The number of alkyl carbamates (subject to hydrolysis) is 2. The highest BCUT2D eigenvalue weighted by Gasteiger charge is 2.37. The highest BCUT2D eigenvalue weighted by atomic mass is 19.4. The van der Waals surface area contributed by atoms with E-state index >= 15 is 0 Å². The number of hydrogen-bond acceptors (Lipinski definition) is 9. The summed E-state index contributed by atoms with van der Waals surface area (Å²) in [6.07, 6.45) is 0.0833. The van der Waals surface area contributed by atoms with Crippen LogP contribution in [0.15, 0.2) is 60.9 Å². The Morgan fingerprint density at radius 1 is 0.754 bits per heavy atom. The number of carbonyl (C=O) groups excluding carboxylic acids is 4. The standard InChI is InChI=1S/C39H45F3N8O7/c1-23(45-37(53)55-2)35(51)49-17-4-6-31(49)33-43-20-29(46-33)26-12-8-24(9-13-26)25-10-14-27(15-11-25)30-21-44-34(47-30)32-7-5-18-50(32)36(52)28(48-38(54)56-3)16-19-57-22-39(40,41)42/h8-15,20-21,23,28,31-32H,4-7,16-19,22H2,1-3H3,(H,43,46)(H,44,47)(H,45,53)(H,48,54). The van der Waals surface area contributed by atoms with E-state index in [4.69, 9.17) is 4.74 Å². The Kier molecular flexibility index (Phi) is 12.8. The molecule has 0 saturated carbocycles. The molecule has 4 N–H and O–H groups in total. The fourth-order valence-electron chi connectivity index (χ4n) is 7.21. The average Bonchev–Trinajstić information content (AvgIpc) is 4.05. The maximum absolute atomic E-state index is 13.6. The predicted octanol–water partition coefficient (Wildman–Crippen LogP) is 5.90. The number of ether oxygens (including phenoxy) is 3. The molecule has 6 rings (SSSR count). The molecule has 4 heterocycles.